The number of piperidine rings is 2. The van der Waals surface area contributed by atoms with Crippen molar-refractivity contribution in [3.63, 3.8) is 0 Å². The summed E-state index contributed by atoms with van der Waals surface area (Å²) in [5, 5.41) is 21.7. The lowest BCUT2D eigenvalue weighted by Gasteiger charge is -2.30. The number of nitrogens with one attached hydrogen (secondary N) is 3. The van der Waals surface area contributed by atoms with Crippen LogP contribution in [-0.4, -0.2) is 71.6 Å². The van der Waals surface area contributed by atoms with Gasteiger partial charge in [0, 0.05) is 74.2 Å². The number of para-hydroxylation sites is 1. The summed E-state index contributed by atoms with van der Waals surface area (Å²) in [5.41, 5.74) is 2.61. The minimum Gasteiger partial charge on any atom is -0.474 e. The van der Waals surface area contributed by atoms with E-state index in [1.807, 2.05) is 42.5 Å². The van der Waals surface area contributed by atoms with Gasteiger partial charge in [0.2, 0.25) is 12.3 Å². The van der Waals surface area contributed by atoms with E-state index in [1.54, 1.807) is 23.4 Å². The van der Waals surface area contributed by atoms with Crippen LogP contribution in [0.1, 0.15) is 41.7 Å². The zero-order valence-electron chi connectivity index (χ0n) is 24.0. The lowest BCUT2D eigenvalue weighted by molar-refractivity contribution is -0.119. The van der Waals surface area contributed by atoms with Crippen LogP contribution < -0.4 is 14.9 Å². The third kappa shape index (κ3) is 7.24. The molecule has 5 rings (SSSR count). The molecule has 2 aromatic heterocycles. The molecule has 43 heavy (non-hydrogen) atoms. The smallest absolute Gasteiger partial charge is 0.279 e. The zero-order valence-corrected chi connectivity index (χ0v) is 24.8. The Kier molecular flexibility index (Phi) is 9.73. The third-order valence-corrected chi connectivity index (χ3v) is 8.07. The number of rotatable bonds is 9. The zero-order chi connectivity index (χ0) is 30.2. The Hall–Kier alpha value is -4.63. The first-order valence-corrected chi connectivity index (χ1v) is 15.5. The van der Waals surface area contributed by atoms with E-state index in [-0.39, 0.29) is 29.5 Å². The van der Waals surface area contributed by atoms with Crippen molar-refractivity contribution in [2.45, 2.75) is 31.8 Å². The predicted molar refractivity (Wildman–Crippen MR) is 167 cm³/mol. The van der Waals surface area contributed by atoms with E-state index in [1.165, 1.54) is 11.9 Å². The van der Waals surface area contributed by atoms with Gasteiger partial charge in [0.25, 0.3) is 5.91 Å². The Morgan fingerprint density at radius 3 is 2.49 bits per heavy atom. The predicted octanol–water partition coefficient (Wildman–Crippen LogP) is 4.60. The van der Waals surface area contributed by atoms with Crippen molar-refractivity contribution in [1.29, 1.82) is 10.7 Å². The molecule has 2 saturated heterocycles. The van der Waals surface area contributed by atoms with Crippen molar-refractivity contribution in [1.82, 2.24) is 19.6 Å². The van der Waals surface area contributed by atoms with Crippen LogP contribution in [0.5, 0.6) is 0 Å². The van der Waals surface area contributed by atoms with Gasteiger partial charge in [-0.05, 0) is 43.2 Å². The fourth-order valence-corrected chi connectivity index (χ4v) is 5.60. The van der Waals surface area contributed by atoms with Crippen LogP contribution in [0.3, 0.4) is 0 Å². The topological polar surface area (TPSA) is 147 Å². The maximum absolute atomic E-state index is 13.0. The maximum Gasteiger partial charge on any atom is 0.279 e. The van der Waals surface area contributed by atoms with Gasteiger partial charge >= 0.3 is 0 Å². The quantitative estimate of drug-likeness (QED) is 0.139. The Labute approximate surface area is 255 Å². The number of carbonyl (C=O) groups excluding carboxylic acids is 2. The van der Waals surface area contributed by atoms with Crippen LogP contribution in [0.25, 0.3) is 11.1 Å². The average Bonchev–Trinajstić information content (AvgIpc) is 3.05. The van der Waals surface area contributed by atoms with Crippen LogP contribution >= 0.6 is 11.9 Å². The summed E-state index contributed by atoms with van der Waals surface area (Å²) in [6, 6.07) is 17.3. The Morgan fingerprint density at radius 2 is 1.86 bits per heavy atom. The molecule has 2 aliphatic heterocycles. The SMILES string of the molecule is CSNC(=O)c1cc(-c2ccc(N3CCC(C#N)CC3)nc2)c(C(=N)OC2CCN(C=O)CC2)c(Nc2ccccc2)n1. The molecule has 222 valence electrons. The van der Waals surface area contributed by atoms with Crippen molar-refractivity contribution in [3.8, 4) is 17.2 Å². The summed E-state index contributed by atoms with van der Waals surface area (Å²) in [7, 11) is 0. The third-order valence-electron chi connectivity index (χ3n) is 7.68. The van der Waals surface area contributed by atoms with Gasteiger partial charge in [0.1, 0.15) is 23.4 Å². The fraction of sp³-hybridized carbons (Fsp3) is 0.355. The lowest BCUT2D eigenvalue weighted by atomic mass is 9.98. The summed E-state index contributed by atoms with van der Waals surface area (Å²) in [5.74, 6) is 0.757. The van der Waals surface area contributed by atoms with Crippen LogP contribution in [0.4, 0.5) is 17.3 Å². The monoisotopic (exact) mass is 598 g/mol. The highest BCUT2D eigenvalue weighted by Crippen LogP contribution is 2.33. The summed E-state index contributed by atoms with van der Waals surface area (Å²) in [6.07, 6.45) is 6.93. The summed E-state index contributed by atoms with van der Waals surface area (Å²) >= 11 is 1.18. The van der Waals surface area contributed by atoms with Gasteiger partial charge in [-0.25, -0.2) is 9.97 Å². The molecule has 2 amide bonds. The molecule has 2 aliphatic rings. The summed E-state index contributed by atoms with van der Waals surface area (Å²) < 4.78 is 8.94. The van der Waals surface area contributed by atoms with Crippen LogP contribution in [0.15, 0.2) is 54.7 Å². The number of nitrogens with zero attached hydrogens (tertiary/aromatic N) is 5. The number of likely N-dealkylation sites (tertiary alicyclic amines) is 1. The van der Waals surface area contributed by atoms with E-state index in [0.29, 0.717) is 48.4 Å². The molecule has 0 aliphatic carbocycles. The molecule has 4 heterocycles. The van der Waals surface area contributed by atoms with E-state index in [0.717, 1.165) is 43.8 Å². The van der Waals surface area contributed by atoms with Crippen molar-refractivity contribution < 1.29 is 14.3 Å². The minimum atomic E-state index is -0.366. The first-order chi connectivity index (χ1) is 21.0. The number of pyridine rings is 2. The number of hydrogen-bond donors (Lipinski definition) is 3. The molecule has 0 atom stereocenters. The van der Waals surface area contributed by atoms with Crippen LogP contribution in [0, 0.1) is 22.7 Å². The summed E-state index contributed by atoms with van der Waals surface area (Å²) in [6.45, 7) is 2.65. The first kappa shape index (κ1) is 29.8. The molecule has 0 radical (unpaired) electrons. The second-order valence-corrected chi connectivity index (χ2v) is 11.1. The number of aromatic nitrogens is 2. The van der Waals surface area contributed by atoms with Gasteiger partial charge in [-0.3, -0.25) is 19.7 Å². The molecule has 12 heteroatoms. The molecule has 1 aromatic carbocycles. The Morgan fingerprint density at radius 1 is 1.12 bits per heavy atom. The minimum absolute atomic E-state index is 0.0768. The van der Waals surface area contributed by atoms with E-state index in [9.17, 15) is 14.9 Å². The van der Waals surface area contributed by atoms with Crippen LogP contribution in [-0.2, 0) is 9.53 Å². The maximum atomic E-state index is 13.0. The molecule has 0 spiro atoms. The van der Waals surface area contributed by atoms with Gasteiger partial charge in [0.15, 0.2) is 0 Å². The highest BCUT2D eigenvalue weighted by Gasteiger charge is 2.27. The number of benzene rings is 1. The van der Waals surface area contributed by atoms with Crippen molar-refractivity contribution in [2.24, 2.45) is 5.92 Å². The molecule has 3 N–H and O–H groups in total. The number of carbonyl (C=O) groups is 2. The molecule has 3 aromatic rings. The van der Waals surface area contributed by atoms with Gasteiger partial charge in [-0.15, -0.1) is 0 Å². The molecular weight excluding hydrogens is 564 g/mol. The number of nitriles is 1. The average molecular weight is 599 g/mol. The van der Waals surface area contributed by atoms with E-state index in [4.69, 9.17) is 15.1 Å². The molecule has 0 saturated carbocycles. The van der Waals surface area contributed by atoms with E-state index in [2.05, 4.69) is 26.0 Å². The van der Waals surface area contributed by atoms with E-state index >= 15 is 0 Å². The normalized spacial score (nSPS) is 15.8. The number of anilines is 3. The molecule has 11 nitrogen and oxygen atoms in total. The molecule has 2 fully saturated rings. The number of ether oxygens (including phenoxy) is 1. The highest BCUT2D eigenvalue weighted by atomic mass is 32.2. The second kappa shape index (κ2) is 14.0. The van der Waals surface area contributed by atoms with E-state index < -0.39 is 0 Å². The van der Waals surface area contributed by atoms with Crippen LogP contribution in [0.2, 0.25) is 0 Å². The number of amides is 2. The van der Waals surface area contributed by atoms with Gasteiger partial charge < -0.3 is 19.9 Å². The standard InChI is InChI=1S/C31H34N8O3S/c1-43-37-31(41)26-17-25(22-7-8-27(34-19-22)39-15-9-21(18-32)10-16-39)28(30(36-26)35-23-5-3-2-4-6-23)29(33)42-24-11-13-38(20-40)14-12-24/h2-8,17,19-21,24,33H,9-16H2,1H3,(H,35,36)(H,37,41). The fourth-order valence-electron chi connectivity index (χ4n) is 5.31. The number of hydrogen-bond acceptors (Lipinski definition) is 10. The Balaban J connectivity index is 1.54. The molecule has 0 unspecified atom stereocenters. The Bertz CT molecular complexity index is 1480. The largest absolute Gasteiger partial charge is 0.474 e. The molecular formula is C31H34N8O3S. The van der Waals surface area contributed by atoms with Crippen molar-refractivity contribution >= 4 is 47.5 Å². The van der Waals surface area contributed by atoms with Crippen molar-refractivity contribution in [2.75, 3.05) is 42.7 Å². The first-order valence-electron chi connectivity index (χ1n) is 14.3. The van der Waals surface area contributed by atoms with Gasteiger partial charge in [0.05, 0.1) is 11.6 Å². The lowest BCUT2D eigenvalue weighted by Crippen LogP contribution is -2.37. The second-order valence-electron chi connectivity index (χ2n) is 10.5. The van der Waals surface area contributed by atoms with Crippen molar-refractivity contribution in [3.05, 3.63) is 66.0 Å². The highest BCUT2D eigenvalue weighted by molar-refractivity contribution is 7.97. The van der Waals surface area contributed by atoms with Gasteiger partial charge in [-0.2, -0.15) is 5.26 Å². The summed E-state index contributed by atoms with van der Waals surface area (Å²) in [4.78, 5) is 37.5. The molecule has 0 bridgehead atoms. The van der Waals surface area contributed by atoms with Gasteiger partial charge in [-0.1, -0.05) is 30.1 Å².